The van der Waals surface area contributed by atoms with Gasteiger partial charge in [-0.3, -0.25) is 0 Å². The largest absolute Gasteiger partial charge is 0.393 e. The Labute approximate surface area is 181 Å². The molecule has 1 heteroatoms. The highest BCUT2D eigenvalue weighted by atomic mass is 16.3. The smallest absolute Gasteiger partial charge is 0.0546 e. The molecule has 0 saturated heterocycles. The molecule has 4 rings (SSSR count). The van der Waals surface area contributed by atoms with Crippen molar-refractivity contribution in [3.05, 3.63) is 11.6 Å². The molecular formula is C28H48O. The van der Waals surface area contributed by atoms with Crippen molar-refractivity contribution in [2.75, 3.05) is 0 Å². The Hall–Kier alpha value is -0.300. The number of hydrogen-bond acceptors (Lipinski definition) is 1. The van der Waals surface area contributed by atoms with Crippen molar-refractivity contribution < 1.29 is 5.11 Å². The predicted octanol–water partition coefficient (Wildman–Crippen LogP) is 7.78. The molecule has 0 heterocycles. The summed E-state index contributed by atoms with van der Waals surface area (Å²) < 4.78 is 0. The second-order valence-corrected chi connectivity index (χ2v) is 12.9. The Kier molecular flexibility index (Phi) is 5.81. The number of fused-ring (bicyclic) bond motifs is 5. The van der Waals surface area contributed by atoms with Gasteiger partial charge in [-0.1, -0.05) is 72.5 Å². The van der Waals surface area contributed by atoms with E-state index in [1.165, 1.54) is 57.8 Å². The first-order valence-corrected chi connectivity index (χ1v) is 13.0. The van der Waals surface area contributed by atoms with Crippen molar-refractivity contribution in [1.29, 1.82) is 0 Å². The van der Waals surface area contributed by atoms with Gasteiger partial charge in [0.05, 0.1) is 6.10 Å². The number of aliphatic hydroxyl groups is 1. The van der Waals surface area contributed by atoms with Gasteiger partial charge in [0.15, 0.2) is 0 Å². The molecule has 0 bridgehead atoms. The Morgan fingerprint density at radius 2 is 1.72 bits per heavy atom. The topological polar surface area (TPSA) is 20.2 Å². The third-order valence-corrected chi connectivity index (χ3v) is 10.9. The molecule has 0 aromatic heterocycles. The van der Waals surface area contributed by atoms with Crippen LogP contribution in [0.4, 0.5) is 0 Å². The van der Waals surface area contributed by atoms with Crippen LogP contribution in [0.3, 0.4) is 0 Å². The van der Waals surface area contributed by atoms with Crippen LogP contribution in [-0.2, 0) is 0 Å². The minimum absolute atomic E-state index is 0.0700. The summed E-state index contributed by atoms with van der Waals surface area (Å²) in [4.78, 5) is 0. The first-order valence-electron chi connectivity index (χ1n) is 13.0. The second-order valence-electron chi connectivity index (χ2n) is 12.9. The van der Waals surface area contributed by atoms with Crippen LogP contribution in [0.15, 0.2) is 11.6 Å². The van der Waals surface area contributed by atoms with E-state index in [0.29, 0.717) is 16.2 Å². The van der Waals surface area contributed by atoms with Gasteiger partial charge in [-0.05, 0) is 97.2 Å². The summed E-state index contributed by atoms with van der Waals surface area (Å²) in [5, 5.41) is 10.4. The number of hydrogen-bond donors (Lipinski definition) is 1. The SMILES string of the molecule is CC(C)CCCC(C)C1CCC2C3=CCC4(C)CC(O)CCC4(C)C3CCC21C. The van der Waals surface area contributed by atoms with Crippen molar-refractivity contribution in [2.45, 2.75) is 118 Å². The Morgan fingerprint density at radius 3 is 2.45 bits per heavy atom. The summed E-state index contributed by atoms with van der Waals surface area (Å²) in [5.41, 5.74) is 3.11. The van der Waals surface area contributed by atoms with Crippen molar-refractivity contribution in [2.24, 2.45) is 45.8 Å². The molecule has 3 saturated carbocycles. The molecule has 1 nitrogen and oxygen atoms in total. The van der Waals surface area contributed by atoms with Crippen molar-refractivity contribution >= 4 is 0 Å². The van der Waals surface area contributed by atoms with Crippen LogP contribution in [0.2, 0.25) is 0 Å². The van der Waals surface area contributed by atoms with Gasteiger partial charge >= 0.3 is 0 Å². The van der Waals surface area contributed by atoms with E-state index < -0.39 is 0 Å². The molecule has 8 atom stereocenters. The van der Waals surface area contributed by atoms with Crippen LogP contribution < -0.4 is 0 Å². The van der Waals surface area contributed by atoms with Gasteiger partial charge in [0.25, 0.3) is 0 Å². The Bertz CT molecular complexity index is 634. The molecule has 4 aliphatic carbocycles. The highest BCUT2D eigenvalue weighted by Gasteiger charge is 2.61. The number of allylic oxidation sites excluding steroid dienone is 2. The maximum atomic E-state index is 10.4. The van der Waals surface area contributed by atoms with Gasteiger partial charge < -0.3 is 5.11 Å². The summed E-state index contributed by atoms with van der Waals surface area (Å²) in [7, 11) is 0. The monoisotopic (exact) mass is 400 g/mol. The van der Waals surface area contributed by atoms with Crippen LogP contribution in [-0.4, -0.2) is 11.2 Å². The van der Waals surface area contributed by atoms with Gasteiger partial charge in [-0.2, -0.15) is 0 Å². The lowest BCUT2D eigenvalue weighted by Gasteiger charge is -2.62. The summed E-state index contributed by atoms with van der Waals surface area (Å²) in [5.74, 6) is 4.28. The first-order chi connectivity index (χ1) is 13.6. The number of rotatable bonds is 5. The average molecular weight is 401 g/mol. The van der Waals surface area contributed by atoms with Crippen LogP contribution in [0.1, 0.15) is 112 Å². The van der Waals surface area contributed by atoms with E-state index in [9.17, 15) is 5.11 Å². The fourth-order valence-corrected chi connectivity index (χ4v) is 8.87. The Balaban J connectivity index is 1.53. The maximum Gasteiger partial charge on any atom is 0.0546 e. The van der Waals surface area contributed by atoms with E-state index in [4.69, 9.17) is 0 Å². The van der Waals surface area contributed by atoms with E-state index in [1.807, 2.05) is 5.57 Å². The van der Waals surface area contributed by atoms with E-state index in [0.717, 1.165) is 42.4 Å². The quantitative estimate of drug-likeness (QED) is 0.467. The first kappa shape index (κ1) is 21.9. The molecule has 0 amide bonds. The highest BCUT2D eigenvalue weighted by Crippen LogP contribution is 2.69. The fourth-order valence-electron chi connectivity index (χ4n) is 8.87. The zero-order valence-corrected chi connectivity index (χ0v) is 20.3. The maximum absolute atomic E-state index is 10.4. The van der Waals surface area contributed by atoms with Gasteiger partial charge in [0.2, 0.25) is 0 Å². The minimum atomic E-state index is -0.0700. The van der Waals surface area contributed by atoms with E-state index in [2.05, 4.69) is 47.6 Å². The normalized spacial score (nSPS) is 47.9. The molecule has 0 aliphatic heterocycles. The lowest BCUT2D eigenvalue weighted by Crippen LogP contribution is -2.54. The summed E-state index contributed by atoms with van der Waals surface area (Å²) in [6.45, 7) is 15.1. The van der Waals surface area contributed by atoms with E-state index in [-0.39, 0.29) is 6.10 Å². The average Bonchev–Trinajstić information content (AvgIpc) is 2.99. The summed E-state index contributed by atoms with van der Waals surface area (Å²) in [6.07, 6.45) is 17.1. The number of aliphatic hydroxyl groups excluding tert-OH is 1. The molecule has 29 heavy (non-hydrogen) atoms. The molecule has 166 valence electrons. The molecule has 3 fully saturated rings. The zero-order valence-electron chi connectivity index (χ0n) is 20.3. The predicted molar refractivity (Wildman–Crippen MR) is 124 cm³/mol. The minimum Gasteiger partial charge on any atom is -0.393 e. The fraction of sp³-hybridized carbons (Fsp3) is 0.929. The summed E-state index contributed by atoms with van der Waals surface area (Å²) >= 11 is 0. The molecule has 0 radical (unpaired) electrons. The molecule has 4 aliphatic rings. The van der Waals surface area contributed by atoms with Gasteiger partial charge in [-0.25, -0.2) is 0 Å². The van der Waals surface area contributed by atoms with Crippen molar-refractivity contribution in [3.8, 4) is 0 Å². The standard InChI is InChI=1S/C28H48O/c1-19(2)8-7-9-20(3)23-10-11-24-22-13-15-26(4)18-21(29)12-17-28(26,6)25(22)14-16-27(23,24)5/h13,19-21,23-25,29H,7-12,14-18H2,1-6H3. The molecular weight excluding hydrogens is 352 g/mol. The van der Waals surface area contributed by atoms with E-state index >= 15 is 0 Å². The van der Waals surface area contributed by atoms with Gasteiger partial charge in [0, 0.05) is 0 Å². The lowest BCUT2D eigenvalue weighted by atomic mass is 9.43. The van der Waals surface area contributed by atoms with Gasteiger partial charge in [-0.15, -0.1) is 0 Å². The van der Waals surface area contributed by atoms with Gasteiger partial charge in [0.1, 0.15) is 0 Å². The van der Waals surface area contributed by atoms with Crippen LogP contribution in [0, 0.1) is 45.8 Å². The molecule has 1 N–H and O–H groups in total. The van der Waals surface area contributed by atoms with Crippen LogP contribution >= 0.6 is 0 Å². The van der Waals surface area contributed by atoms with Crippen molar-refractivity contribution in [1.82, 2.24) is 0 Å². The molecule has 8 unspecified atom stereocenters. The second kappa shape index (κ2) is 7.68. The molecule has 0 aromatic rings. The zero-order chi connectivity index (χ0) is 21.0. The third kappa shape index (κ3) is 3.46. The molecule has 0 aromatic carbocycles. The molecule has 0 spiro atoms. The van der Waals surface area contributed by atoms with Crippen LogP contribution in [0.5, 0.6) is 0 Å². The summed E-state index contributed by atoms with van der Waals surface area (Å²) in [6, 6.07) is 0. The Morgan fingerprint density at radius 1 is 0.966 bits per heavy atom. The third-order valence-electron chi connectivity index (χ3n) is 10.9. The van der Waals surface area contributed by atoms with Crippen LogP contribution in [0.25, 0.3) is 0 Å². The lowest BCUT2D eigenvalue weighted by molar-refractivity contribution is -0.0975. The van der Waals surface area contributed by atoms with E-state index in [1.54, 1.807) is 0 Å². The van der Waals surface area contributed by atoms with Crippen molar-refractivity contribution in [3.63, 3.8) is 0 Å². The highest BCUT2D eigenvalue weighted by molar-refractivity contribution is 5.29.